The molecule has 2 N–H and O–H groups in total. The highest BCUT2D eigenvalue weighted by molar-refractivity contribution is 6.00. The number of hydrogen-bond donors (Lipinski definition) is 2. The highest BCUT2D eigenvalue weighted by Crippen LogP contribution is 2.26. The molecule has 0 aliphatic carbocycles. The predicted molar refractivity (Wildman–Crippen MR) is 120 cm³/mol. The molecule has 1 aromatic carbocycles. The Kier molecular flexibility index (Phi) is 6.63. The van der Waals surface area contributed by atoms with E-state index in [2.05, 4.69) is 15.4 Å². The molecule has 0 radical (unpaired) electrons. The molecule has 4 rings (SSSR count). The third kappa shape index (κ3) is 4.13. The Morgan fingerprint density at radius 1 is 1.23 bits per heavy atom. The highest BCUT2D eigenvalue weighted by Gasteiger charge is 2.26. The van der Waals surface area contributed by atoms with Gasteiger partial charge in [-0.05, 0) is 50.9 Å². The second kappa shape index (κ2) is 9.02. The van der Waals surface area contributed by atoms with Gasteiger partial charge in [-0.2, -0.15) is 5.10 Å². The fraction of sp³-hybridized carbons (Fsp3) is 0.409. The van der Waals surface area contributed by atoms with E-state index >= 15 is 0 Å². The Hall–Kier alpha value is -2.64. The van der Waals surface area contributed by atoms with Gasteiger partial charge in [0.15, 0.2) is 0 Å². The van der Waals surface area contributed by atoms with Crippen molar-refractivity contribution in [3.05, 3.63) is 68.8 Å². The number of carbonyl (C=O) groups is 1. The number of aryl methyl sites for hydroxylation is 2. The van der Waals surface area contributed by atoms with Gasteiger partial charge in [-0.25, -0.2) is 4.52 Å². The Labute approximate surface area is 181 Å². The molecule has 7 nitrogen and oxygen atoms in total. The maximum Gasteiger partial charge on any atom is 0.259 e. The molecule has 3 aromatic rings. The first-order valence-corrected chi connectivity index (χ1v) is 10.1. The first kappa shape index (κ1) is 22.1. The van der Waals surface area contributed by atoms with Crippen LogP contribution in [0.3, 0.4) is 0 Å². The summed E-state index contributed by atoms with van der Waals surface area (Å²) in [7, 11) is 1.78. The van der Waals surface area contributed by atoms with Crippen LogP contribution >= 0.6 is 12.4 Å². The maximum absolute atomic E-state index is 13.3. The van der Waals surface area contributed by atoms with Crippen molar-refractivity contribution in [2.75, 3.05) is 20.1 Å². The van der Waals surface area contributed by atoms with E-state index in [0.717, 1.165) is 42.8 Å². The van der Waals surface area contributed by atoms with Gasteiger partial charge >= 0.3 is 0 Å². The van der Waals surface area contributed by atoms with Gasteiger partial charge in [0.2, 0.25) is 0 Å². The van der Waals surface area contributed by atoms with Crippen molar-refractivity contribution in [2.45, 2.75) is 39.2 Å². The fourth-order valence-corrected chi connectivity index (χ4v) is 4.15. The van der Waals surface area contributed by atoms with Crippen molar-refractivity contribution >= 4 is 24.0 Å². The first-order chi connectivity index (χ1) is 14.0. The number of halogens is 1. The molecular weight excluding hydrogens is 402 g/mol. The summed E-state index contributed by atoms with van der Waals surface area (Å²) in [5, 5.41) is 7.98. The molecule has 0 spiro atoms. The van der Waals surface area contributed by atoms with Crippen molar-refractivity contribution in [1.29, 1.82) is 0 Å². The van der Waals surface area contributed by atoms with Crippen LogP contribution in [0.25, 0.3) is 5.65 Å². The molecule has 0 unspecified atom stereocenters. The normalized spacial score (nSPS) is 14.5. The van der Waals surface area contributed by atoms with Gasteiger partial charge < -0.3 is 15.2 Å². The van der Waals surface area contributed by atoms with Crippen LogP contribution in [0.2, 0.25) is 0 Å². The van der Waals surface area contributed by atoms with Gasteiger partial charge in [0.05, 0.1) is 11.4 Å². The minimum atomic E-state index is -0.193. The lowest BCUT2D eigenvalue weighted by Gasteiger charge is -2.23. The van der Waals surface area contributed by atoms with E-state index in [-0.39, 0.29) is 29.8 Å². The summed E-state index contributed by atoms with van der Waals surface area (Å²) in [6.07, 6.45) is 1.90. The number of nitrogens with zero attached hydrogens (tertiary/aromatic N) is 3. The van der Waals surface area contributed by atoms with Gasteiger partial charge in [-0.3, -0.25) is 9.59 Å². The van der Waals surface area contributed by atoms with Crippen molar-refractivity contribution in [3.63, 3.8) is 0 Å². The average molecular weight is 430 g/mol. The van der Waals surface area contributed by atoms with Gasteiger partial charge in [0, 0.05) is 25.6 Å². The summed E-state index contributed by atoms with van der Waals surface area (Å²) >= 11 is 0. The number of H-pyrrole nitrogens is 1. The number of hydrogen-bond acceptors (Lipinski definition) is 4. The molecule has 1 amide bonds. The zero-order valence-electron chi connectivity index (χ0n) is 17.6. The number of carbonyl (C=O) groups excluding carboxylic acids is 1. The Morgan fingerprint density at radius 3 is 2.63 bits per heavy atom. The highest BCUT2D eigenvalue weighted by atomic mass is 35.5. The number of nitrogens with one attached hydrogen (secondary N) is 2. The van der Waals surface area contributed by atoms with Gasteiger partial charge in [0.25, 0.3) is 11.5 Å². The zero-order valence-corrected chi connectivity index (χ0v) is 18.4. The first-order valence-electron chi connectivity index (χ1n) is 10.1. The molecule has 30 heavy (non-hydrogen) atoms. The lowest BCUT2D eigenvalue weighted by molar-refractivity contribution is 0.0786. The Balaban J connectivity index is 0.00000256. The van der Waals surface area contributed by atoms with Crippen LogP contribution in [0.5, 0.6) is 0 Å². The summed E-state index contributed by atoms with van der Waals surface area (Å²) in [6, 6.07) is 9.66. The quantitative estimate of drug-likeness (QED) is 0.668. The van der Waals surface area contributed by atoms with E-state index in [0.29, 0.717) is 23.4 Å². The van der Waals surface area contributed by atoms with Crippen molar-refractivity contribution in [2.24, 2.45) is 0 Å². The molecule has 0 bridgehead atoms. The monoisotopic (exact) mass is 429 g/mol. The Bertz CT molecular complexity index is 1110. The van der Waals surface area contributed by atoms with Crippen molar-refractivity contribution in [1.82, 2.24) is 24.8 Å². The third-order valence-electron chi connectivity index (χ3n) is 5.81. The van der Waals surface area contributed by atoms with E-state index in [1.807, 2.05) is 38.1 Å². The van der Waals surface area contributed by atoms with Crippen LogP contribution < -0.4 is 10.9 Å². The molecule has 160 valence electrons. The lowest BCUT2D eigenvalue weighted by Crippen LogP contribution is -2.29. The number of aromatic nitrogens is 3. The molecule has 0 saturated carbocycles. The van der Waals surface area contributed by atoms with Crippen LogP contribution in [-0.4, -0.2) is 45.5 Å². The molecular formula is C22H28ClN5O2. The number of fused-ring (bicyclic) bond motifs is 1. The maximum atomic E-state index is 13.3. The van der Waals surface area contributed by atoms with Crippen LogP contribution in [0.15, 0.2) is 35.1 Å². The minimum Gasteiger partial charge on any atom is -0.337 e. The molecule has 0 atom stereocenters. The number of aromatic amines is 1. The molecule has 1 aliphatic rings. The van der Waals surface area contributed by atoms with E-state index < -0.39 is 0 Å². The van der Waals surface area contributed by atoms with E-state index in [1.54, 1.807) is 22.5 Å². The number of amides is 1. The standard InChI is InChI=1S/C22H27N5O2.ClH/c1-14-6-4-5-7-17(14)13-26(3)22(29)20-15(2)25-27-18(12-19(28)24-21(20)27)16-8-10-23-11-9-16;/h4-7,12,16,23H,8-11,13H2,1-3H3,(H,24,28);1H. The second-order valence-electron chi connectivity index (χ2n) is 7.89. The molecule has 3 heterocycles. The predicted octanol–water partition coefficient (Wildman–Crippen LogP) is 2.80. The second-order valence-corrected chi connectivity index (χ2v) is 7.89. The van der Waals surface area contributed by atoms with Gasteiger partial charge in [-0.1, -0.05) is 24.3 Å². The van der Waals surface area contributed by atoms with Crippen LogP contribution in [-0.2, 0) is 6.54 Å². The summed E-state index contributed by atoms with van der Waals surface area (Å²) in [5.74, 6) is 0.117. The molecule has 1 fully saturated rings. The third-order valence-corrected chi connectivity index (χ3v) is 5.81. The van der Waals surface area contributed by atoms with Crippen molar-refractivity contribution in [3.8, 4) is 0 Å². The SMILES string of the molecule is Cc1ccccc1CN(C)C(=O)c1c(C)nn2c(C3CCNCC3)cc(=O)[nH]c12.Cl. The van der Waals surface area contributed by atoms with Crippen LogP contribution in [0.4, 0.5) is 0 Å². The fourth-order valence-electron chi connectivity index (χ4n) is 4.15. The van der Waals surface area contributed by atoms with Crippen molar-refractivity contribution < 1.29 is 4.79 Å². The molecule has 8 heteroatoms. The van der Waals surface area contributed by atoms with Gasteiger partial charge in [-0.15, -0.1) is 12.4 Å². The number of piperidine rings is 1. The van der Waals surface area contributed by atoms with E-state index in [4.69, 9.17) is 0 Å². The largest absolute Gasteiger partial charge is 0.337 e. The Morgan fingerprint density at radius 2 is 1.93 bits per heavy atom. The summed E-state index contributed by atoms with van der Waals surface area (Å²) in [5.41, 5.74) is 4.52. The van der Waals surface area contributed by atoms with Crippen LogP contribution in [0, 0.1) is 13.8 Å². The summed E-state index contributed by atoms with van der Waals surface area (Å²) in [4.78, 5) is 30.2. The summed E-state index contributed by atoms with van der Waals surface area (Å²) in [6.45, 7) is 6.21. The number of benzene rings is 1. The topological polar surface area (TPSA) is 82.5 Å². The average Bonchev–Trinajstić information content (AvgIpc) is 3.04. The zero-order chi connectivity index (χ0) is 20.5. The van der Waals surface area contributed by atoms with Gasteiger partial charge in [0.1, 0.15) is 11.2 Å². The molecule has 1 saturated heterocycles. The summed E-state index contributed by atoms with van der Waals surface area (Å²) < 4.78 is 1.77. The van der Waals surface area contributed by atoms with Crippen LogP contribution in [0.1, 0.15) is 51.6 Å². The minimum absolute atomic E-state index is 0. The smallest absolute Gasteiger partial charge is 0.259 e. The van der Waals surface area contributed by atoms with E-state index in [1.165, 1.54) is 0 Å². The molecule has 2 aromatic heterocycles. The lowest BCUT2D eigenvalue weighted by atomic mass is 9.94. The number of rotatable bonds is 4. The van der Waals surface area contributed by atoms with E-state index in [9.17, 15) is 9.59 Å². The molecule has 1 aliphatic heterocycles.